The summed E-state index contributed by atoms with van der Waals surface area (Å²) < 4.78 is 0. The SMILES string of the molecule is CN(C)N=C1CC2CCCC(C1)N2C. The molecular formula is C11H21N3. The Hall–Kier alpha value is -0.570. The van der Waals surface area contributed by atoms with Crippen molar-refractivity contribution in [3.05, 3.63) is 0 Å². The van der Waals surface area contributed by atoms with Crippen molar-refractivity contribution in [1.82, 2.24) is 9.91 Å². The van der Waals surface area contributed by atoms with Crippen molar-refractivity contribution in [3.63, 3.8) is 0 Å². The average molecular weight is 195 g/mol. The first-order chi connectivity index (χ1) is 6.66. The van der Waals surface area contributed by atoms with Crippen LogP contribution < -0.4 is 0 Å². The molecule has 2 saturated heterocycles. The van der Waals surface area contributed by atoms with Crippen LogP contribution >= 0.6 is 0 Å². The van der Waals surface area contributed by atoms with E-state index in [1.165, 1.54) is 37.8 Å². The third kappa shape index (κ3) is 1.92. The number of nitrogens with zero attached hydrogens (tertiary/aromatic N) is 3. The first kappa shape index (κ1) is 9.97. The molecule has 2 aliphatic heterocycles. The van der Waals surface area contributed by atoms with Crippen LogP contribution in [-0.4, -0.2) is 48.8 Å². The highest BCUT2D eigenvalue weighted by Crippen LogP contribution is 2.31. The van der Waals surface area contributed by atoms with Gasteiger partial charge in [-0.25, -0.2) is 0 Å². The van der Waals surface area contributed by atoms with E-state index in [1.807, 2.05) is 19.1 Å². The summed E-state index contributed by atoms with van der Waals surface area (Å²) >= 11 is 0. The normalized spacial score (nSPS) is 32.9. The molecule has 3 nitrogen and oxygen atoms in total. The van der Waals surface area contributed by atoms with Gasteiger partial charge in [0, 0.05) is 44.7 Å². The topological polar surface area (TPSA) is 18.8 Å². The Morgan fingerprint density at radius 3 is 2.29 bits per heavy atom. The minimum atomic E-state index is 0.765. The molecule has 0 amide bonds. The van der Waals surface area contributed by atoms with Gasteiger partial charge in [0.15, 0.2) is 0 Å². The lowest BCUT2D eigenvalue weighted by Crippen LogP contribution is -2.50. The zero-order chi connectivity index (χ0) is 10.1. The largest absolute Gasteiger partial charge is 0.303 e. The van der Waals surface area contributed by atoms with Crippen LogP contribution in [0, 0.1) is 0 Å². The molecular weight excluding hydrogens is 174 g/mol. The van der Waals surface area contributed by atoms with E-state index in [0.717, 1.165) is 12.1 Å². The summed E-state index contributed by atoms with van der Waals surface area (Å²) in [5.41, 5.74) is 1.41. The van der Waals surface area contributed by atoms with Gasteiger partial charge in [-0.2, -0.15) is 5.10 Å². The van der Waals surface area contributed by atoms with Crippen molar-refractivity contribution < 1.29 is 0 Å². The van der Waals surface area contributed by atoms with E-state index < -0.39 is 0 Å². The van der Waals surface area contributed by atoms with Gasteiger partial charge in [0.05, 0.1) is 0 Å². The second kappa shape index (κ2) is 3.89. The Morgan fingerprint density at radius 1 is 1.21 bits per heavy atom. The van der Waals surface area contributed by atoms with E-state index in [0.29, 0.717) is 0 Å². The lowest BCUT2D eigenvalue weighted by molar-refractivity contribution is 0.107. The van der Waals surface area contributed by atoms with Gasteiger partial charge in [0.25, 0.3) is 0 Å². The molecule has 0 saturated carbocycles. The fourth-order valence-corrected chi connectivity index (χ4v) is 2.78. The van der Waals surface area contributed by atoms with Gasteiger partial charge in [-0.3, -0.25) is 4.90 Å². The number of hydrogen-bond donors (Lipinski definition) is 0. The molecule has 3 heteroatoms. The Bertz CT molecular complexity index is 219. The molecule has 80 valence electrons. The smallest absolute Gasteiger partial charge is 0.0411 e. The van der Waals surface area contributed by atoms with Crippen molar-refractivity contribution >= 4 is 5.71 Å². The van der Waals surface area contributed by atoms with Gasteiger partial charge in [-0.15, -0.1) is 0 Å². The number of hydrazone groups is 1. The second-order valence-corrected chi connectivity index (χ2v) is 4.83. The molecule has 2 rings (SSSR count). The van der Waals surface area contributed by atoms with Gasteiger partial charge < -0.3 is 5.01 Å². The molecule has 0 aliphatic carbocycles. The van der Waals surface area contributed by atoms with E-state index in [1.54, 1.807) is 0 Å². The highest BCUT2D eigenvalue weighted by atomic mass is 15.4. The molecule has 0 spiro atoms. The first-order valence-corrected chi connectivity index (χ1v) is 5.62. The highest BCUT2D eigenvalue weighted by Gasteiger charge is 2.33. The quantitative estimate of drug-likeness (QED) is 0.591. The number of piperidine rings is 2. The lowest BCUT2D eigenvalue weighted by Gasteiger charge is -2.44. The molecule has 2 unspecified atom stereocenters. The van der Waals surface area contributed by atoms with E-state index in [2.05, 4.69) is 17.0 Å². The zero-order valence-corrected chi connectivity index (χ0v) is 9.53. The van der Waals surface area contributed by atoms with Crippen LogP contribution in [0.15, 0.2) is 5.10 Å². The van der Waals surface area contributed by atoms with Gasteiger partial charge in [-0.1, -0.05) is 6.42 Å². The molecule has 2 aliphatic rings. The predicted octanol–water partition coefficient (Wildman–Crippen LogP) is 1.55. The Kier molecular flexibility index (Phi) is 2.77. The second-order valence-electron chi connectivity index (χ2n) is 4.83. The van der Waals surface area contributed by atoms with Crippen LogP contribution in [0.1, 0.15) is 32.1 Å². The van der Waals surface area contributed by atoms with Gasteiger partial charge in [0.1, 0.15) is 0 Å². The van der Waals surface area contributed by atoms with E-state index in [-0.39, 0.29) is 0 Å². The Morgan fingerprint density at radius 2 is 1.79 bits per heavy atom. The van der Waals surface area contributed by atoms with Crippen LogP contribution in [0.2, 0.25) is 0 Å². The number of rotatable bonds is 1. The van der Waals surface area contributed by atoms with Crippen LogP contribution in [0.4, 0.5) is 0 Å². The summed E-state index contributed by atoms with van der Waals surface area (Å²) in [6.45, 7) is 0. The molecule has 0 aromatic heterocycles. The maximum absolute atomic E-state index is 4.58. The Balaban J connectivity index is 2.07. The van der Waals surface area contributed by atoms with Gasteiger partial charge in [-0.05, 0) is 19.9 Å². The van der Waals surface area contributed by atoms with Crippen molar-refractivity contribution in [2.24, 2.45) is 5.10 Å². The minimum absolute atomic E-state index is 0.765. The van der Waals surface area contributed by atoms with Crippen LogP contribution in [0.3, 0.4) is 0 Å². The number of hydrogen-bond acceptors (Lipinski definition) is 3. The molecule has 2 heterocycles. The average Bonchev–Trinajstić information content (AvgIpc) is 2.05. The third-order valence-electron chi connectivity index (χ3n) is 3.51. The molecule has 0 aromatic carbocycles. The summed E-state index contributed by atoms with van der Waals surface area (Å²) in [7, 11) is 6.31. The maximum atomic E-state index is 4.58. The molecule has 0 aromatic rings. The van der Waals surface area contributed by atoms with Gasteiger partial charge in [0.2, 0.25) is 0 Å². The monoisotopic (exact) mass is 195 g/mol. The summed E-state index contributed by atoms with van der Waals surface area (Å²) in [5.74, 6) is 0. The minimum Gasteiger partial charge on any atom is -0.303 e. The highest BCUT2D eigenvalue weighted by molar-refractivity contribution is 5.86. The molecule has 2 atom stereocenters. The molecule has 0 radical (unpaired) electrons. The lowest BCUT2D eigenvalue weighted by atomic mass is 9.84. The third-order valence-corrected chi connectivity index (χ3v) is 3.51. The Labute approximate surface area is 86.8 Å². The first-order valence-electron chi connectivity index (χ1n) is 5.62. The van der Waals surface area contributed by atoms with E-state index in [4.69, 9.17) is 0 Å². The molecule has 2 fully saturated rings. The van der Waals surface area contributed by atoms with Crippen molar-refractivity contribution in [1.29, 1.82) is 0 Å². The summed E-state index contributed by atoms with van der Waals surface area (Å²) in [6, 6.07) is 1.53. The fourth-order valence-electron chi connectivity index (χ4n) is 2.78. The van der Waals surface area contributed by atoms with Crippen molar-refractivity contribution in [2.75, 3.05) is 21.1 Å². The van der Waals surface area contributed by atoms with Gasteiger partial charge >= 0.3 is 0 Å². The standard InChI is InChI=1S/C11H21N3/c1-13(2)12-9-7-10-5-4-6-11(8-9)14(10)3/h10-11H,4-8H2,1-3H3. The summed E-state index contributed by atoms with van der Waals surface area (Å²) in [4.78, 5) is 2.57. The molecule has 0 N–H and O–H groups in total. The van der Waals surface area contributed by atoms with Crippen LogP contribution in [0.5, 0.6) is 0 Å². The van der Waals surface area contributed by atoms with Crippen molar-refractivity contribution in [2.45, 2.75) is 44.2 Å². The van der Waals surface area contributed by atoms with Crippen LogP contribution in [0.25, 0.3) is 0 Å². The summed E-state index contributed by atoms with van der Waals surface area (Å²) in [6.07, 6.45) is 6.50. The zero-order valence-electron chi connectivity index (χ0n) is 9.53. The van der Waals surface area contributed by atoms with Crippen molar-refractivity contribution in [3.8, 4) is 0 Å². The predicted molar refractivity (Wildman–Crippen MR) is 59.5 cm³/mol. The fraction of sp³-hybridized carbons (Fsp3) is 0.909. The summed E-state index contributed by atoms with van der Waals surface area (Å²) in [5, 5.41) is 6.52. The number of fused-ring (bicyclic) bond motifs is 2. The van der Waals surface area contributed by atoms with E-state index >= 15 is 0 Å². The maximum Gasteiger partial charge on any atom is 0.0411 e. The van der Waals surface area contributed by atoms with Crippen LogP contribution in [-0.2, 0) is 0 Å². The molecule has 2 bridgehead atoms. The molecule has 14 heavy (non-hydrogen) atoms. The van der Waals surface area contributed by atoms with E-state index in [9.17, 15) is 0 Å².